The predicted molar refractivity (Wildman–Crippen MR) is 55.0 cm³/mol. The van der Waals surface area contributed by atoms with Gasteiger partial charge in [0, 0.05) is 6.08 Å². The molecule has 0 fully saturated rings. The maximum Gasteiger partial charge on any atom is 0.328 e. The Hall–Kier alpha value is -2.01. The number of carboxylic acids is 1. The van der Waals surface area contributed by atoms with Gasteiger partial charge in [0.1, 0.15) is 11.3 Å². The fourth-order valence-electron chi connectivity index (χ4n) is 1.06. The Balaban J connectivity index is 0.00000225. The summed E-state index contributed by atoms with van der Waals surface area (Å²) in [6.07, 6.45) is 2.34. The van der Waals surface area contributed by atoms with E-state index in [4.69, 9.17) is 16.2 Å². The van der Waals surface area contributed by atoms with Crippen molar-refractivity contribution in [2.45, 2.75) is 0 Å². The lowest BCUT2D eigenvalue weighted by atomic mass is 10.1. The van der Waals surface area contributed by atoms with Gasteiger partial charge in [0.2, 0.25) is 0 Å². The van der Waals surface area contributed by atoms with Gasteiger partial charge in [-0.05, 0) is 23.8 Å². The minimum absolute atomic E-state index is 0. The maximum atomic E-state index is 10.2. The third-order valence-corrected chi connectivity index (χ3v) is 1.75. The molecule has 0 radical (unpaired) electrons. The van der Waals surface area contributed by atoms with E-state index in [9.17, 15) is 9.90 Å². The number of phenols is 1. The van der Waals surface area contributed by atoms with Crippen LogP contribution >= 0.6 is 0 Å². The van der Waals surface area contributed by atoms with Crippen LogP contribution in [0.25, 0.3) is 6.08 Å². The molecular formula is C10H11ClN2O3. The molecule has 1 rings (SSSR count). The zero-order valence-corrected chi connectivity index (χ0v) is 8.98. The van der Waals surface area contributed by atoms with Crippen molar-refractivity contribution >= 4 is 17.9 Å². The summed E-state index contributed by atoms with van der Waals surface area (Å²) < 4.78 is 0. The number of halogens is 1. The van der Waals surface area contributed by atoms with E-state index in [0.29, 0.717) is 11.1 Å². The van der Waals surface area contributed by atoms with Gasteiger partial charge >= 0.3 is 5.97 Å². The molecule has 5 nitrogen and oxygen atoms in total. The molecule has 0 bridgehead atoms. The Labute approximate surface area is 98.1 Å². The van der Waals surface area contributed by atoms with E-state index in [1.807, 2.05) is 0 Å². The van der Waals surface area contributed by atoms with Gasteiger partial charge in [-0.3, -0.25) is 11.1 Å². The highest BCUT2D eigenvalue weighted by molar-refractivity contribution is 5.95. The number of aliphatic carboxylic acids is 1. The molecule has 0 aliphatic carbocycles. The largest absolute Gasteiger partial charge is 1.00 e. The molecule has 6 heteroatoms. The topological polar surface area (TPSA) is 109 Å². The summed E-state index contributed by atoms with van der Waals surface area (Å²) in [6.45, 7) is 0. The third-order valence-electron chi connectivity index (χ3n) is 1.75. The summed E-state index contributed by atoms with van der Waals surface area (Å²) in [5, 5.41) is 23.2. The van der Waals surface area contributed by atoms with Crippen molar-refractivity contribution in [2.24, 2.45) is 5.73 Å². The van der Waals surface area contributed by atoms with Gasteiger partial charge in [-0.1, -0.05) is 6.07 Å². The molecule has 6 N–H and O–H groups in total. The number of aromatic hydroxyl groups is 1. The zero-order chi connectivity index (χ0) is 11.4. The molecule has 0 saturated heterocycles. The van der Waals surface area contributed by atoms with Crippen molar-refractivity contribution in [1.29, 1.82) is 0 Å². The summed E-state index contributed by atoms with van der Waals surface area (Å²) in [4.78, 5) is 10.2. The number of amidine groups is 1. The first kappa shape index (κ1) is 14.0. The van der Waals surface area contributed by atoms with E-state index >= 15 is 0 Å². The highest BCUT2D eigenvalue weighted by Gasteiger charge is 2.07. The van der Waals surface area contributed by atoms with Crippen LogP contribution in [0.4, 0.5) is 0 Å². The van der Waals surface area contributed by atoms with E-state index in [1.165, 1.54) is 18.2 Å². The quantitative estimate of drug-likeness (QED) is 0.246. The van der Waals surface area contributed by atoms with Gasteiger partial charge < -0.3 is 22.6 Å². The van der Waals surface area contributed by atoms with E-state index < -0.39 is 5.97 Å². The number of rotatable bonds is 3. The first-order valence-electron chi connectivity index (χ1n) is 4.13. The monoisotopic (exact) mass is 242 g/mol. The number of carboxylic acid groups (broad SMARTS) is 1. The highest BCUT2D eigenvalue weighted by Crippen LogP contribution is 2.18. The maximum absolute atomic E-state index is 10.2. The highest BCUT2D eigenvalue weighted by atomic mass is 35.5. The molecule has 0 aliphatic rings. The van der Waals surface area contributed by atoms with Crippen LogP contribution in [0.15, 0.2) is 24.3 Å². The molecule has 86 valence electrons. The predicted octanol–water partition coefficient (Wildman–Crippen LogP) is -4.04. The van der Waals surface area contributed by atoms with Gasteiger partial charge in [-0.2, -0.15) is 0 Å². The first-order valence-corrected chi connectivity index (χ1v) is 4.13. The molecule has 0 amide bonds. The number of hydrogen-bond acceptors (Lipinski definition) is 2. The molecule has 0 unspecified atom stereocenters. The second-order valence-corrected chi connectivity index (χ2v) is 2.90. The molecule has 0 aromatic heterocycles. The normalized spacial score (nSPS) is 9.75. The van der Waals surface area contributed by atoms with Crippen molar-refractivity contribution in [3.8, 4) is 5.75 Å². The Kier molecular flexibility index (Phi) is 5.05. The Bertz CT molecular complexity index is 444. The Morgan fingerprint density at radius 1 is 1.44 bits per heavy atom. The lowest BCUT2D eigenvalue weighted by Gasteiger charge is -1.99. The first-order chi connectivity index (χ1) is 7.00. The van der Waals surface area contributed by atoms with Crippen LogP contribution in [0.5, 0.6) is 5.75 Å². The molecule has 16 heavy (non-hydrogen) atoms. The van der Waals surface area contributed by atoms with E-state index in [2.05, 4.69) is 0 Å². The second kappa shape index (κ2) is 5.77. The van der Waals surface area contributed by atoms with Crippen LogP contribution in [0.1, 0.15) is 11.1 Å². The SMILES string of the molecule is NC(=[NH2+])c1ccc(/C=C/C(=O)O)cc1O.[Cl-]. The number of nitrogens with two attached hydrogens (primary N) is 2. The minimum Gasteiger partial charge on any atom is -1.00 e. The zero-order valence-electron chi connectivity index (χ0n) is 8.22. The molecule has 0 heterocycles. The fraction of sp³-hybridized carbons (Fsp3) is 0. The minimum atomic E-state index is -1.05. The number of carbonyl (C=O) groups is 1. The number of phenolic OH excluding ortho intramolecular Hbond substituents is 1. The summed E-state index contributed by atoms with van der Waals surface area (Å²) >= 11 is 0. The number of benzene rings is 1. The lowest BCUT2D eigenvalue weighted by Crippen LogP contribution is -3.00. The standard InChI is InChI=1S/C10H10N2O3.ClH/c11-10(12)7-3-1-6(5-8(7)13)2-4-9(14)15;/h1-5,13H,(H3,11,12)(H,14,15);1H/b4-2+;. The van der Waals surface area contributed by atoms with Crippen molar-refractivity contribution in [1.82, 2.24) is 0 Å². The summed E-state index contributed by atoms with van der Waals surface area (Å²) in [7, 11) is 0. The van der Waals surface area contributed by atoms with Gasteiger partial charge in [0.05, 0.1) is 0 Å². The van der Waals surface area contributed by atoms with Crippen molar-refractivity contribution in [2.75, 3.05) is 0 Å². The summed E-state index contributed by atoms with van der Waals surface area (Å²) in [5.74, 6) is -1.12. The molecule has 0 aliphatic heterocycles. The molecule has 0 spiro atoms. The van der Waals surface area contributed by atoms with Crippen molar-refractivity contribution in [3.05, 3.63) is 35.4 Å². The summed E-state index contributed by atoms with van der Waals surface area (Å²) in [6, 6.07) is 4.51. The van der Waals surface area contributed by atoms with Gasteiger partial charge in [0.25, 0.3) is 5.84 Å². The van der Waals surface area contributed by atoms with E-state index in [1.54, 1.807) is 6.07 Å². The number of hydrogen-bond donors (Lipinski definition) is 4. The van der Waals surface area contributed by atoms with Crippen LogP contribution in [0.3, 0.4) is 0 Å². The van der Waals surface area contributed by atoms with Gasteiger partial charge in [0.15, 0.2) is 0 Å². The van der Waals surface area contributed by atoms with E-state index in [0.717, 1.165) is 6.08 Å². The second-order valence-electron chi connectivity index (χ2n) is 2.90. The van der Waals surface area contributed by atoms with Crippen molar-refractivity contribution < 1.29 is 32.8 Å². The fourth-order valence-corrected chi connectivity index (χ4v) is 1.06. The molecule has 1 aromatic carbocycles. The van der Waals surface area contributed by atoms with Crippen molar-refractivity contribution in [3.63, 3.8) is 0 Å². The summed E-state index contributed by atoms with van der Waals surface area (Å²) in [5.41, 5.74) is 6.20. The smallest absolute Gasteiger partial charge is 0.328 e. The molecular weight excluding hydrogens is 232 g/mol. The van der Waals surface area contributed by atoms with Crippen LogP contribution in [-0.2, 0) is 4.79 Å². The van der Waals surface area contributed by atoms with Crippen LogP contribution in [0, 0.1) is 0 Å². The van der Waals surface area contributed by atoms with Crippen LogP contribution in [-0.4, -0.2) is 22.0 Å². The van der Waals surface area contributed by atoms with Crippen LogP contribution in [0.2, 0.25) is 0 Å². The van der Waals surface area contributed by atoms with Gasteiger partial charge in [-0.25, -0.2) is 4.79 Å². The van der Waals surface area contributed by atoms with Crippen LogP contribution < -0.4 is 23.5 Å². The molecule has 0 saturated carbocycles. The lowest BCUT2D eigenvalue weighted by molar-refractivity contribution is -0.131. The molecule has 0 atom stereocenters. The Morgan fingerprint density at radius 3 is 2.50 bits per heavy atom. The van der Waals surface area contributed by atoms with Gasteiger partial charge in [-0.15, -0.1) is 0 Å². The van der Waals surface area contributed by atoms with E-state index in [-0.39, 0.29) is 24.0 Å². The third kappa shape index (κ3) is 3.62. The Morgan fingerprint density at radius 2 is 2.06 bits per heavy atom. The average Bonchev–Trinajstić information content (AvgIpc) is 2.14. The molecule has 1 aromatic rings. The average molecular weight is 243 g/mol.